The van der Waals surface area contributed by atoms with Crippen LogP contribution in [0.25, 0.3) is 0 Å². The molecule has 0 unspecified atom stereocenters. The zero-order valence-electron chi connectivity index (χ0n) is 10.6. The molecule has 98 valence electrons. The molecule has 1 N–H and O–H groups in total. The molecule has 1 aromatic carbocycles. The summed E-state index contributed by atoms with van der Waals surface area (Å²) < 4.78 is 13.2. The second-order valence-electron chi connectivity index (χ2n) is 4.20. The van der Waals surface area contributed by atoms with Gasteiger partial charge in [-0.15, -0.1) is 0 Å². The van der Waals surface area contributed by atoms with Gasteiger partial charge in [0.1, 0.15) is 11.6 Å². The van der Waals surface area contributed by atoms with E-state index in [0.29, 0.717) is 17.2 Å². The van der Waals surface area contributed by atoms with E-state index in [0.717, 1.165) is 0 Å². The lowest BCUT2D eigenvalue weighted by Gasteiger charge is -2.19. The average Bonchev–Trinajstić information content (AvgIpc) is 2.37. The van der Waals surface area contributed by atoms with Gasteiger partial charge in [0.15, 0.2) is 0 Å². The molecular formula is C14H13FN2O2. The molecule has 0 radical (unpaired) electrons. The van der Waals surface area contributed by atoms with Crippen LogP contribution in [0.2, 0.25) is 0 Å². The molecule has 0 atom stereocenters. The average molecular weight is 260 g/mol. The van der Waals surface area contributed by atoms with Crippen molar-refractivity contribution in [3.8, 4) is 0 Å². The number of aromatic carboxylic acids is 1. The molecule has 1 aromatic heterocycles. The number of carbonyl (C=O) groups is 1. The van der Waals surface area contributed by atoms with Crippen LogP contribution < -0.4 is 4.90 Å². The predicted octanol–water partition coefficient (Wildman–Crippen LogP) is 3.00. The first-order chi connectivity index (χ1) is 8.97. The maximum Gasteiger partial charge on any atom is 0.335 e. The molecule has 5 heteroatoms. The Kier molecular flexibility index (Phi) is 3.46. The molecule has 0 aliphatic rings. The molecule has 0 saturated heterocycles. The zero-order valence-corrected chi connectivity index (χ0v) is 10.6. The predicted molar refractivity (Wildman–Crippen MR) is 70.4 cm³/mol. The van der Waals surface area contributed by atoms with Gasteiger partial charge in [-0.1, -0.05) is 6.07 Å². The van der Waals surface area contributed by atoms with Gasteiger partial charge in [0.2, 0.25) is 0 Å². The Balaban J connectivity index is 2.43. The lowest BCUT2D eigenvalue weighted by atomic mass is 10.2. The van der Waals surface area contributed by atoms with Crippen molar-refractivity contribution in [3.05, 3.63) is 53.5 Å². The van der Waals surface area contributed by atoms with Crippen LogP contribution in [0.15, 0.2) is 36.4 Å². The van der Waals surface area contributed by atoms with Crippen molar-refractivity contribution in [3.63, 3.8) is 0 Å². The number of aryl methyl sites for hydroxylation is 1. The third-order valence-corrected chi connectivity index (χ3v) is 2.73. The third kappa shape index (κ3) is 2.88. The van der Waals surface area contributed by atoms with Crippen molar-refractivity contribution in [2.45, 2.75) is 6.92 Å². The molecule has 0 aliphatic carbocycles. The lowest BCUT2D eigenvalue weighted by molar-refractivity contribution is 0.0696. The van der Waals surface area contributed by atoms with E-state index < -0.39 is 5.97 Å². The Hall–Kier alpha value is -2.43. The molecule has 0 fully saturated rings. The fraction of sp³-hybridized carbons (Fsp3) is 0.143. The second kappa shape index (κ2) is 5.06. The number of hydrogen-bond acceptors (Lipinski definition) is 3. The zero-order chi connectivity index (χ0) is 14.0. The van der Waals surface area contributed by atoms with Crippen molar-refractivity contribution < 1.29 is 14.3 Å². The Bertz CT molecular complexity index is 629. The fourth-order valence-corrected chi connectivity index (χ4v) is 1.76. The van der Waals surface area contributed by atoms with E-state index in [1.54, 1.807) is 31.0 Å². The Morgan fingerprint density at radius 1 is 1.32 bits per heavy atom. The number of anilines is 2. The number of aromatic nitrogens is 1. The van der Waals surface area contributed by atoms with Gasteiger partial charge in [-0.05, 0) is 37.3 Å². The highest BCUT2D eigenvalue weighted by Crippen LogP contribution is 2.23. The minimum Gasteiger partial charge on any atom is -0.478 e. The largest absolute Gasteiger partial charge is 0.478 e. The lowest BCUT2D eigenvalue weighted by Crippen LogP contribution is -2.13. The molecule has 2 rings (SSSR count). The molecule has 0 amide bonds. The van der Waals surface area contributed by atoms with Crippen LogP contribution in [0.3, 0.4) is 0 Å². The summed E-state index contributed by atoms with van der Waals surface area (Å²) in [5, 5.41) is 9.02. The number of halogens is 1. The van der Waals surface area contributed by atoms with Gasteiger partial charge in [0.25, 0.3) is 0 Å². The number of carboxylic acids is 1. The summed E-state index contributed by atoms with van der Waals surface area (Å²) >= 11 is 0. The van der Waals surface area contributed by atoms with Crippen molar-refractivity contribution in [1.29, 1.82) is 0 Å². The van der Waals surface area contributed by atoms with Crippen LogP contribution in [0.4, 0.5) is 15.9 Å². The van der Waals surface area contributed by atoms with E-state index in [2.05, 4.69) is 4.98 Å². The van der Waals surface area contributed by atoms with E-state index in [1.165, 1.54) is 24.3 Å². The highest BCUT2D eigenvalue weighted by Gasteiger charge is 2.11. The number of rotatable bonds is 3. The molecule has 2 aromatic rings. The molecule has 0 aliphatic heterocycles. The molecule has 19 heavy (non-hydrogen) atoms. The number of hydrogen-bond donors (Lipinski definition) is 1. The molecule has 4 nitrogen and oxygen atoms in total. The van der Waals surface area contributed by atoms with E-state index in [1.807, 2.05) is 0 Å². The number of carboxylic acid groups (broad SMARTS) is 1. The summed E-state index contributed by atoms with van der Waals surface area (Å²) in [4.78, 5) is 16.9. The van der Waals surface area contributed by atoms with Crippen molar-refractivity contribution in [2.24, 2.45) is 0 Å². The van der Waals surface area contributed by atoms with Gasteiger partial charge in [-0.2, -0.15) is 0 Å². The molecule has 1 heterocycles. The first-order valence-electron chi connectivity index (χ1n) is 5.68. The summed E-state index contributed by atoms with van der Waals surface area (Å²) in [5.41, 5.74) is 1.36. The number of nitrogens with zero attached hydrogens (tertiary/aromatic N) is 2. The Labute approximate surface area is 110 Å². The highest BCUT2D eigenvalue weighted by atomic mass is 19.1. The van der Waals surface area contributed by atoms with Crippen molar-refractivity contribution in [2.75, 3.05) is 11.9 Å². The van der Waals surface area contributed by atoms with Gasteiger partial charge in [0, 0.05) is 18.4 Å². The summed E-state index contributed by atoms with van der Waals surface area (Å²) in [5.74, 6) is -0.905. The minimum absolute atomic E-state index is 0.158. The van der Waals surface area contributed by atoms with E-state index in [9.17, 15) is 9.18 Å². The topological polar surface area (TPSA) is 53.4 Å². The minimum atomic E-state index is -1.01. The Morgan fingerprint density at radius 2 is 2.05 bits per heavy atom. The van der Waals surface area contributed by atoms with Crippen LogP contribution in [0.1, 0.15) is 16.1 Å². The van der Waals surface area contributed by atoms with E-state index in [-0.39, 0.29) is 11.4 Å². The fourth-order valence-electron chi connectivity index (χ4n) is 1.76. The highest BCUT2D eigenvalue weighted by molar-refractivity contribution is 5.89. The summed E-state index contributed by atoms with van der Waals surface area (Å²) in [6.07, 6.45) is 0. The monoisotopic (exact) mass is 260 g/mol. The molecule has 0 saturated carbocycles. The molecule has 0 spiro atoms. The first kappa shape index (κ1) is 13.0. The quantitative estimate of drug-likeness (QED) is 0.921. The van der Waals surface area contributed by atoms with Gasteiger partial charge in [0.05, 0.1) is 5.56 Å². The van der Waals surface area contributed by atoms with E-state index in [4.69, 9.17) is 5.11 Å². The van der Waals surface area contributed by atoms with E-state index >= 15 is 0 Å². The Morgan fingerprint density at radius 3 is 2.68 bits per heavy atom. The third-order valence-electron chi connectivity index (χ3n) is 2.73. The summed E-state index contributed by atoms with van der Waals surface area (Å²) in [7, 11) is 1.71. The van der Waals surface area contributed by atoms with Crippen LogP contribution in [0, 0.1) is 12.7 Å². The maximum absolute atomic E-state index is 13.2. The standard InChI is InChI=1S/C14H13FN2O2/c1-9-6-10(14(18)19)7-13(16-9)17(2)12-5-3-4-11(15)8-12/h3-8H,1-2H3,(H,18,19). The van der Waals surface area contributed by atoms with Crippen molar-refractivity contribution in [1.82, 2.24) is 4.98 Å². The molecular weight excluding hydrogens is 247 g/mol. The molecule has 0 bridgehead atoms. The normalized spacial score (nSPS) is 10.3. The van der Waals surface area contributed by atoms with Gasteiger partial charge in [-0.3, -0.25) is 0 Å². The van der Waals surface area contributed by atoms with Crippen LogP contribution in [-0.4, -0.2) is 23.1 Å². The van der Waals surface area contributed by atoms with Crippen LogP contribution in [0.5, 0.6) is 0 Å². The van der Waals surface area contributed by atoms with Gasteiger partial charge in [-0.25, -0.2) is 14.2 Å². The summed E-state index contributed by atoms with van der Waals surface area (Å²) in [6.45, 7) is 1.72. The van der Waals surface area contributed by atoms with Crippen LogP contribution in [-0.2, 0) is 0 Å². The van der Waals surface area contributed by atoms with Gasteiger partial charge < -0.3 is 10.0 Å². The van der Waals surface area contributed by atoms with Gasteiger partial charge >= 0.3 is 5.97 Å². The summed E-state index contributed by atoms with van der Waals surface area (Å²) in [6, 6.07) is 8.99. The maximum atomic E-state index is 13.2. The smallest absolute Gasteiger partial charge is 0.335 e. The van der Waals surface area contributed by atoms with Crippen molar-refractivity contribution >= 4 is 17.5 Å². The number of benzene rings is 1. The SMILES string of the molecule is Cc1cc(C(=O)O)cc(N(C)c2cccc(F)c2)n1. The second-order valence-corrected chi connectivity index (χ2v) is 4.20. The first-order valence-corrected chi connectivity index (χ1v) is 5.68. The number of pyridine rings is 1. The van der Waals surface area contributed by atoms with Crippen LogP contribution >= 0.6 is 0 Å².